The summed E-state index contributed by atoms with van der Waals surface area (Å²) >= 11 is 0. The molecule has 1 N–H and O–H groups in total. The zero-order valence-corrected chi connectivity index (χ0v) is 23.7. The van der Waals surface area contributed by atoms with Crippen molar-refractivity contribution in [2.24, 2.45) is 5.92 Å². The largest absolute Gasteiger partial charge is 0.496 e. The monoisotopic (exact) mass is 541 g/mol. The molecule has 2 aliphatic heterocycles. The number of piperidine rings is 1. The normalized spacial score (nSPS) is 17.3. The molecule has 9 nitrogen and oxygen atoms in total. The Morgan fingerprint density at radius 1 is 0.875 bits per heavy atom. The first-order valence-corrected chi connectivity index (χ1v) is 14.2. The number of rotatable bonds is 8. The van der Waals surface area contributed by atoms with E-state index in [0.29, 0.717) is 5.95 Å². The van der Waals surface area contributed by atoms with Crippen molar-refractivity contribution in [3.05, 3.63) is 60.8 Å². The van der Waals surface area contributed by atoms with E-state index in [9.17, 15) is 0 Å². The summed E-state index contributed by atoms with van der Waals surface area (Å²) in [5.41, 5.74) is 4.85. The van der Waals surface area contributed by atoms with Gasteiger partial charge in [-0.25, -0.2) is 9.50 Å². The summed E-state index contributed by atoms with van der Waals surface area (Å²) in [5.74, 6) is 2.86. The molecule has 0 spiro atoms. The molecule has 0 atom stereocenters. The van der Waals surface area contributed by atoms with Crippen LogP contribution in [0.1, 0.15) is 12.8 Å². The second kappa shape index (κ2) is 11.7. The van der Waals surface area contributed by atoms with Crippen LogP contribution in [0.15, 0.2) is 60.8 Å². The van der Waals surface area contributed by atoms with Gasteiger partial charge in [-0.3, -0.25) is 0 Å². The average molecular weight is 542 g/mol. The molecule has 0 radical (unpaired) electrons. The van der Waals surface area contributed by atoms with E-state index in [4.69, 9.17) is 14.6 Å². The molecule has 0 unspecified atom stereocenters. The lowest BCUT2D eigenvalue weighted by molar-refractivity contribution is 0.129. The van der Waals surface area contributed by atoms with Crippen LogP contribution in [0.25, 0.3) is 16.8 Å². The van der Waals surface area contributed by atoms with Gasteiger partial charge in [0.15, 0.2) is 0 Å². The van der Waals surface area contributed by atoms with Gasteiger partial charge in [-0.1, -0.05) is 12.1 Å². The van der Waals surface area contributed by atoms with Gasteiger partial charge in [-0.05, 0) is 62.2 Å². The van der Waals surface area contributed by atoms with Crippen molar-refractivity contribution in [2.45, 2.75) is 12.8 Å². The van der Waals surface area contributed by atoms with Gasteiger partial charge in [0.1, 0.15) is 11.5 Å². The zero-order chi connectivity index (χ0) is 27.5. The lowest BCUT2D eigenvalue weighted by Gasteiger charge is -2.38. The van der Waals surface area contributed by atoms with Crippen LogP contribution in [0.3, 0.4) is 0 Å². The number of ether oxygens (including phenoxy) is 2. The summed E-state index contributed by atoms with van der Waals surface area (Å²) in [6.07, 6.45) is 4.28. The molecule has 0 amide bonds. The third-order valence-electron chi connectivity index (χ3n) is 8.31. The summed E-state index contributed by atoms with van der Waals surface area (Å²) in [7, 11) is 5.61. The summed E-state index contributed by atoms with van der Waals surface area (Å²) < 4.78 is 13.3. The third kappa shape index (κ3) is 5.57. The summed E-state index contributed by atoms with van der Waals surface area (Å²) in [5, 5.41) is 8.17. The van der Waals surface area contributed by atoms with Crippen molar-refractivity contribution in [2.75, 3.05) is 77.3 Å². The Hall–Kier alpha value is -3.82. The second-order valence-corrected chi connectivity index (χ2v) is 10.9. The highest BCUT2D eigenvalue weighted by atomic mass is 16.5. The molecule has 2 saturated heterocycles. The number of nitrogens with one attached hydrogen (secondary N) is 1. The van der Waals surface area contributed by atoms with Crippen LogP contribution >= 0.6 is 0 Å². The fourth-order valence-corrected chi connectivity index (χ4v) is 5.89. The Morgan fingerprint density at radius 2 is 1.65 bits per heavy atom. The van der Waals surface area contributed by atoms with Crippen LogP contribution in [0.4, 0.5) is 17.3 Å². The van der Waals surface area contributed by atoms with Gasteiger partial charge in [-0.15, -0.1) is 5.10 Å². The Bertz CT molecular complexity index is 1440. The van der Waals surface area contributed by atoms with Gasteiger partial charge in [-0.2, -0.15) is 0 Å². The van der Waals surface area contributed by atoms with Gasteiger partial charge < -0.3 is 29.5 Å². The number of likely N-dealkylation sites (N-methyl/N-ethyl adjacent to an activating group) is 1. The predicted molar refractivity (Wildman–Crippen MR) is 160 cm³/mol. The lowest BCUT2D eigenvalue weighted by Crippen LogP contribution is -2.47. The maximum absolute atomic E-state index is 5.80. The number of aromatic nitrogens is 3. The number of piperazine rings is 1. The summed E-state index contributed by atoms with van der Waals surface area (Å²) in [6, 6.07) is 18.4. The summed E-state index contributed by atoms with van der Waals surface area (Å²) in [6.45, 7) is 8.16. The van der Waals surface area contributed by atoms with Gasteiger partial charge in [0, 0.05) is 63.1 Å². The third-order valence-corrected chi connectivity index (χ3v) is 8.31. The molecule has 4 heterocycles. The number of benzene rings is 2. The van der Waals surface area contributed by atoms with E-state index in [0.717, 1.165) is 53.0 Å². The number of hydrogen-bond acceptors (Lipinski definition) is 8. The Morgan fingerprint density at radius 3 is 2.42 bits per heavy atom. The zero-order valence-electron chi connectivity index (χ0n) is 23.7. The van der Waals surface area contributed by atoms with Crippen molar-refractivity contribution in [3.8, 4) is 22.8 Å². The number of methoxy groups -OCH3 is 2. The van der Waals surface area contributed by atoms with Gasteiger partial charge in [0.25, 0.3) is 0 Å². The van der Waals surface area contributed by atoms with Crippen molar-refractivity contribution in [3.63, 3.8) is 0 Å². The van der Waals surface area contributed by atoms with E-state index in [1.807, 2.05) is 47.1 Å². The van der Waals surface area contributed by atoms with E-state index in [1.54, 1.807) is 14.2 Å². The molecule has 4 aromatic rings. The SMILES string of the molecule is COc1cc(N2CCC(CN3CCN(C)CC3)CC2)ccc1Nc1ncc2ccc(-c3ccccc3OC)n2n1. The molecule has 2 aromatic heterocycles. The van der Waals surface area contributed by atoms with Gasteiger partial charge in [0.05, 0.1) is 37.3 Å². The first kappa shape index (κ1) is 26.4. The maximum Gasteiger partial charge on any atom is 0.245 e. The quantitative estimate of drug-likeness (QED) is 0.347. The molecule has 2 fully saturated rings. The number of hydrogen-bond donors (Lipinski definition) is 1. The minimum Gasteiger partial charge on any atom is -0.496 e. The fourth-order valence-electron chi connectivity index (χ4n) is 5.89. The van der Waals surface area contributed by atoms with Crippen LogP contribution in [0, 0.1) is 5.92 Å². The van der Waals surface area contributed by atoms with Crippen molar-refractivity contribution in [1.82, 2.24) is 24.4 Å². The summed E-state index contributed by atoms with van der Waals surface area (Å²) in [4.78, 5) is 12.1. The number of nitrogens with zero attached hydrogens (tertiary/aromatic N) is 6. The molecule has 2 aromatic carbocycles. The minimum atomic E-state index is 0.496. The standard InChI is InChI=1S/C31H39N7O2/c1-35-16-18-36(19-17-35)22-23-12-14-37(15-13-23)24-8-10-27(30(20-24)40-3)33-31-32-21-25-9-11-28(38(25)34-31)26-6-4-5-7-29(26)39-2/h4-11,20-21,23H,12-19,22H2,1-3H3,(H,33,34). The van der Waals surface area contributed by atoms with E-state index in [1.165, 1.54) is 51.3 Å². The van der Waals surface area contributed by atoms with Gasteiger partial charge >= 0.3 is 0 Å². The van der Waals surface area contributed by atoms with Crippen molar-refractivity contribution >= 4 is 22.8 Å². The van der Waals surface area contributed by atoms with Crippen molar-refractivity contribution < 1.29 is 9.47 Å². The molecule has 0 bridgehead atoms. The van der Waals surface area contributed by atoms with Crippen LogP contribution < -0.4 is 19.7 Å². The molecule has 9 heteroatoms. The molecule has 210 valence electrons. The Labute approximate surface area is 236 Å². The fraction of sp³-hybridized carbons (Fsp3) is 0.419. The van der Waals surface area contributed by atoms with Gasteiger partial charge in [0.2, 0.25) is 5.95 Å². The highest BCUT2D eigenvalue weighted by Gasteiger charge is 2.24. The number of anilines is 3. The topological polar surface area (TPSA) is 70.4 Å². The average Bonchev–Trinajstić information content (AvgIpc) is 3.42. The smallest absolute Gasteiger partial charge is 0.245 e. The molecule has 2 aliphatic rings. The molecular weight excluding hydrogens is 502 g/mol. The molecule has 0 saturated carbocycles. The second-order valence-electron chi connectivity index (χ2n) is 10.9. The molecule has 0 aliphatic carbocycles. The number of para-hydroxylation sites is 1. The Kier molecular flexibility index (Phi) is 7.75. The van der Waals surface area contributed by atoms with Crippen LogP contribution in [0.5, 0.6) is 11.5 Å². The first-order chi connectivity index (χ1) is 19.6. The lowest BCUT2D eigenvalue weighted by atomic mass is 9.95. The minimum absolute atomic E-state index is 0.496. The van der Waals surface area contributed by atoms with E-state index < -0.39 is 0 Å². The van der Waals surface area contributed by atoms with E-state index in [2.05, 4.69) is 50.2 Å². The Balaban J connectivity index is 1.14. The van der Waals surface area contributed by atoms with Crippen LogP contribution in [0.2, 0.25) is 0 Å². The van der Waals surface area contributed by atoms with Crippen LogP contribution in [-0.2, 0) is 0 Å². The predicted octanol–water partition coefficient (Wildman–Crippen LogP) is 4.62. The maximum atomic E-state index is 5.80. The first-order valence-electron chi connectivity index (χ1n) is 14.2. The van der Waals surface area contributed by atoms with Crippen molar-refractivity contribution in [1.29, 1.82) is 0 Å². The van der Waals surface area contributed by atoms with E-state index in [-0.39, 0.29) is 0 Å². The van der Waals surface area contributed by atoms with Crippen LogP contribution in [-0.4, -0.2) is 91.5 Å². The molecular formula is C31H39N7O2. The highest BCUT2D eigenvalue weighted by Crippen LogP contribution is 2.34. The number of fused-ring (bicyclic) bond motifs is 1. The highest BCUT2D eigenvalue weighted by molar-refractivity contribution is 5.72. The molecule has 40 heavy (non-hydrogen) atoms. The molecule has 6 rings (SSSR count). The van der Waals surface area contributed by atoms with E-state index >= 15 is 0 Å².